The maximum absolute atomic E-state index is 3.60. The van der Waals surface area contributed by atoms with Crippen LogP contribution < -0.4 is 0 Å². The van der Waals surface area contributed by atoms with Crippen LogP contribution in [0.2, 0.25) is 6.04 Å². The molecule has 3 radical (unpaired) electrons. The van der Waals surface area contributed by atoms with Crippen LogP contribution in [0.15, 0.2) is 0 Å². The number of rotatable bonds is 4. The molecule has 0 saturated heterocycles. The summed E-state index contributed by atoms with van der Waals surface area (Å²) in [7, 11) is 12.1. The second-order valence-electron chi connectivity index (χ2n) is 3.30. The molecule has 0 spiro atoms. The summed E-state index contributed by atoms with van der Waals surface area (Å²) in [6.07, 6.45) is 1.12. The van der Waals surface area contributed by atoms with Crippen molar-refractivity contribution in [3.63, 3.8) is 0 Å². The van der Waals surface area contributed by atoms with E-state index in [0.29, 0.717) is 0 Å². The van der Waals surface area contributed by atoms with Gasteiger partial charge in [0.1, 0.15) is 0 Å². The lowest BCUT2D eigenvalue weighted by molar-refractivity contribution is 0.0186. The van der Waals surface area contributed by atoms with Crippen molar-refractivity contribution in [2.45, 2.75) is 25.1 Å². The highest BCUT2D eigenvalue weighted by Gasteiger charge is 2.30. The molecule has 0 rings (SSSR count). The molecule has 0 N–H and O–H groups in total. The normalized spacial score (nSPS) is 13.1. The third-order valence-electron chi connectivity index (χ3n) is 2.51. The summed E-state index contributed by atoms with van der Waals surface area (Å²) in [4.78, 5) is 4.50. The highest BCUT2D eigenvalue weighted by molar-refractivity contribution is 6.09. The van der Waals surface area contributed by atoms with Crippen LogP contribution in [0.4, 0.5) is 0 Å². The van der Waals surface area contributed by atoms with E-state index in [1.807, 2.05) is 0 Å². The molecule has 0 aliphatic carbocycles. The maximum atomic E-state index is 3.60. The largest absolute Gasteiger partial charge is 0.292 e. The first-order valence-corrected chi connectivity index (χ1v) is 4.71. The Morgan fingerprint density at radius 2 is 1.45 bits per heavy atom. The van der Waals surface area contributed by atoms with Gasteiger partial charge in [-0.2, -0.15) is 0 Å². The van der Waals surface area contributed by atoms with Gasteiger partial charge in [0.25, 0.3) is 0 Å². The molecule has 0 amide bonds. The van der Waals surface area contributed by atoms with Gasteiger partial charge >= 0.3 is 0 Å². The Morgan fingerprint density at radius 3 is 1.45 bits per heavy atom. The molecule has 2 nitrogen and oxygen atoms in total. The Hall–Kier alpha value is 0.137. The van der Waals surface area contributed by atoms with E-state index in [1.54, 1.807) is 0 Å². The molecule has 0 atom stereocenters. The molecule has 0 aromatic carbocycles. The molecule has 0 aliphatic rings. The highest BCUT2D eigenvalue weighted by Crippen LogP contribution is 2.22. The third kappa shape index (κ3) is 2.04. The Balaban J connectivity index is 4.46. The summed E-state index contributed by atoms with van der Waals surface area (Å²) in [6, 6.07) is 0.976. The lowest BCUT2D eigenvalue weighted by Gasteiger charge is -2.44. The second-order valence-corrected chi connectivity index (χ2v) is 3.66. The van der Waals surface area contributed by atoms with Crippen LogP contribution in [0.3, 0.4) is 0 Å². The minimum atomic E-state index is 0.164. The standard InChI is InChI=1S/C8H19N2Si/c1-6-8(7-11,9(2)3)10(4)5/h6-7H2,1-5H3. The van der Waals surface area contributed by atoms with E-state index in [2.05, 4.69) is 55.2 Å². The van der Waals surface area contributed by atoms with Crippen molar-refractivity contribution < 1.29 is 0 Å². The smallest absolute Gasteiger partial charge is 0.0694 e. The molecule has 65 valence electrons. The second kappa shape index (κ2) is 4.23. The maximum Gasteiger partial charge on any atom is 0.0694 e. The summed E-state index contributed by atoms with van der Waals surface area (Å²) in [5.41, 5.74) is 0.164. The lowest BCUT2D eigenvalue weighted by atomic mass is 10.1. The molecule has 0 aromatic heterocycles. The molecule has 0 heterocycles. The van der Waals surface area contributed by atoms with Crippen molar-refractivity contribution in [2.24, 2.45) is 0 Å². The Bertz CT molecular complexity index is 98.7. The third-order valence-corrected chi connectivity index (χ3v) is 3.08. The van der Waals surface area contributed by atoms with Crippen molar-refractivity contribution in [1.82, 2.24) is 9.80 Å². The van der Waals surface area contributed by atoms with Gasteiger partial charge in [0.05, 0.1) is 5.66 Å². The SMILES string of the molecule is CCC(C[Si])(N(C)C)N(C)C. The fourth-order valence-electron chi connectivity index (χ4n) is 1.47. The van der Waals surface area contributed by atoms with Crippen molar-refractivity contribution >= 4 is 10.2 Å². The quantitative estimate of drug-likeness (QED) is 0.456. The zero-order chi connectivity index (χ0) is 9.07. The average molecular weight is 171 g/mol. The number of hydrogen-bond acceptors (Lipinski definition) is 2. The van der Waals surface area contributed by atoms with Gasteiger partial charge in [-0.1, -0.05) is 6.92 Å². The van der Waals surface area contributed by atoms with Crippen LogP contribution in [0.25, 0.3) is 0 Å². The lowest BCUT2D eigenvalue weighted by Crippen LogP contribution is -2.54. The molecule has 11 heavy (non-hydrogen) atoms. The first kappa shape index (κ1) is 11.1. The van der Waals surface area contributed by atoms with Crippen LogP contribution in [0.1, 0.15) is 13.3 Å². The predicted octanol–water partition coefficient (Wildman–Crippen LogP) is 0.803. The van der Waals surface area contributed by atoms with Gasteiger partial charge in [-0.3, -0.25) is 9.80 Å². The molecular formula is C8H19N2Si. The number of nitrogens with zero attached hydrogens (tertiary/aromatic N) is 2. The molecular weight excluding hydrogens is 152 g/mol. The van der Waals surface area contributed by atoms with Gasteiger partial charge in [-0.05, 0) is 40.7 Å². The summed E-state index contributed by atoms with van der Waals surface area (Å²) in [5.74, 6) is 0. The fraction of sp³-hybridized carbons (Fsp3) is 1.00. The summed E-state index contributed by atoms with van der Waals surface area (Å²) in [5, 5.41) is 0. The number of hydrogen-bond donors (Lipinski definition) is 0. The molecule has 0 unspecified atom stereocenters. The molecule has 3 heteroatoms. The van der Waals surface area contributed by atoms with Crippen LogP contribution in [-0.2, 0) is 0 Å². The zero-order valence-electron chi connectivity index (χ0n) is 8.31. The van der Waals surface area contributed by atoms with E-state index in [0.717, 1.165) is 12.5 Å². The van der Waals surface area contributed by atoms with Gasteiger partial charge in [0.15, 0.2) is 0 Å². The van der Waals surface area contributed by atoms with Crippen LogP contribution in [0.5, 0.6) is 0 Å². The molecule has 0 aliphatic heterocycles. The van der Waals surface area contributed by atoms with Crippen LogP contribution in [-0.4, -0.2) is 53.9 Å². The van der Waals surface area contributed by atoms with E-state index < -0.39 is 0 Å². The minimum absolute atomic E-state index is 0.164. The molecule has 0 fully saturated rings. The van der Waals surface area contributed by atoms with Crippen molar-refractivity contribution in [3.8, 4) is 0 Å². The van der Waals surface area contributed by atoms with E-state index in [4.69, 9.17) is 0 Å². The van der Waals surface area contributed by atoms with Crippen molar-refractivity contribution in [3.05, 3.63) is 0 Å². The van der Waals surface area contributed by atoms with Gasteiger partial charge in [-0.15, -0.1) is 0 Å². The van der Waals surface area contributed by atoms with E-state index in [1.165, 1.54) is 0 Å². The molecule has 0 bridgehead atoms. The average Bonchev–Trinajstić information content (AvgIpc) is 1.90. The van der Waals surface area contributed by atoms with Gasteiger partial charge in [-0.25, -0.2) is 0 Å². The van der Waals surface area contributed by atoms with Gasteiger partial charge in [0, 0.05) is 10.2 Å². The molecule has 0 saturated carbocycles. The van der Waals surface area contributed by atoms with E-state index >= 15 is 0 Å². The van der Waals surface area contributed by atoms with Crippen molar-refractivity contribution in [2.75, 3.05) is 28.2 Å². The van der Waals surface area contributed by atoms with Crippen LogP contribution >= 0.6 is 0 Å². The summed E-state index contributed by atoms with van der Waals surface area (Å²) < 4.78 is 0. The topological polar surface area (TPSA) is 6.48 Å². The fourth-order valence-corrected chi connectivity index (χ4v) is 2.36. The Labute approximate surface area is 74.0 Å². The summed E-state index contributed by atoms with van der Waals surface area (Å²) >= 11 is 0. The summed E-state index contributed by atoms with van der Waals surface area (Å²) in [6.45, 7) is 2.21. The van der Waals surface area contributed by atoms with Crippen molar-refractivity contribution in [1.29, 1.82) is 0 Å². The van der Waals surface area contributed by atoms with E-state index in [9.17, 15) is 0 Å². The van der Waals surface area contributed by atoms with Gasteiger partial charge in [0.2, 0.25) is 0 Å². The molecule has 0 aromatic rings. The first-order valence-electron chi connectivity index (χ1n) is 4.00. The Kier molecular flexibility index (Phi) is 4.29. The van der Waals surface area contributed by atoms with Gasteiger partial charge < -0.3 is 0 Å². The minimum Gasteiger partial charge on any atom is -0.292 e. The monoisotopic (exact) mass is 171 g/mol. The highest BCUT2D eigenvalue weighted by atomic mass is 28.1. The van der Waals surface area contributed by atoms with E-state index in [-0.39, 0.29) is 5.66 Å². The first-order chi connectivity index (χ1) is 5.01. The predicted molar refractivity (Wildman–Crippen MR) is 51.0 cm³/mol. The Morgan fingerprint density at radius 1 is 1.09 bits per heavy atom. The van der Waals surface area contributed by atoms with Crippen LogP contribution in [0, 0.1) is 0 Å². The zero-order valence-corrected chi connectivity index (χ0v) is 9.31.